The first-order valence-electron chi connectivity index (χ1n) is 4.48. The summed E-state index contributed by atoms with van der Waals surface area (Å²) in [6.07, 6.45) is 2.02. The molecule has 0 unspecified atom stereocenters. The second-order valence-corrected chi connectivity index (χ2v) is 4.73. The highest BCUT2D eigenvalue weighted by Gasteiger charge is 2.19. The van der Waals surface area contributed by atoms with Crippen LogP contribution >= 0.6 is 0 Å². The van der Waals surface area contributed by atoms with Crippen molar-refractivity contribution in [3.05, 3.63) is 34.8 Å². The van der Waals surface area contributed by atoms with Gasteiger partial charge in [0, 0.05) is 6.07 Å². The Labute approximate surface area is 100 Å². The summed E-state index contributed by atoms with van der Waals surface area (Å²) < 4.78 is 25.6. The highest BCUT2D eigenvalue weighted by atomic mass is 32.2. The highest BCUT2D eigenvalue weighted by Crippen LogP contribution is 2.14. The van der Waals surface area contributed by atoms with E-state index in [9.17, 15) is 18.5 Å². The molecule has 0 bridgehead atoms. The van der Waals surface area contributed by atoms with E-state index >= 15 is 0 Å². The fourth-order valence-corrected chi connectivity index (χ4v) is 1.99. The van der Waals surface area contributed by atoms with Gasteiger partial charge in [0.15, 0.2) is 6.20 Å². The van der Waals surface area contributed by atoms with E-state index in [0.717, 1.165) is 24.7 Å². The predicted molar refractivity (Wildman–Crippen MR) is 58.1 cm³/mol. The van der Waals surface area contributed by atoms with E-state index in [0.29, 0.717) is 0 Å². The molecule has 0 aliphatic rings. The molecule has 0 amide bonds. The van der Waals surface area contributed by atoms with Crippen LogP contribution in [0.25, 0.3) is 0 Å². The Morgan fingerprint density at radius 1 is 1.33 bits per heavy atom. The third-order valence-electron chi connectivity index (χ3n) is 1.86. The number of hydrogen-bond donors (Lipinski definition) is 2. The zero-order valence-electron chi connectivity index (χ0n) is 8.64. The first-order chi connectivity index (χ1) is 8.49. The molecular formula is C7H6N6O4S. The van der Waals surface area contributed by atoms with E-state index in [-0.39, 0.29) is 10.8 Å². The molecular weight excluding hydrogens is 264 g/mol. The number of nitro groups is 1. The lowest BCUT2D eigenvalue weighted by Gasteiger charge is -2.02. The molecule has 0 radical (unpaired) electrons. The van der Waals surface area contributed by atoms with E-state index in [1.807, 2.05) is 0 Å². The van der Waals surface area contributed by atoms with Gasteiger partial charge in [0.05, 0.1) is 0 Å². The Kier molecular flexibility index (Phi) is 2.89. The lowest BCUT2D eigenvalue weighted by molar-refractivity contribution is -0.389. The van der Waals surface area contributed by atoms with Crippen LogP contribution in [-0.4, -0.2) is 33.5 Å². The van der Waals surface area contributed by atoms with Crippen molar-refractivity contribution in [2.45, 2.75) is 4.90 Å². The SMILES string of the molecule is O=[N+]([O-])c1ccc(S(=O)(=O)Nc2ncn[nH]2)cn1. The molecule has 2 N–H and O–H groups in total. The largest absolute Gasteiger partial charge is 0.363 e. The lowest BCUT2D eigenvalue weighted by atomic mass is 10.5. The van der Waals surface area contributed by atoms with E-state index < -0.39 is 20.8 Å². The summed E-state index contributed by atoms with van der Waals surface area (Å²) in [7, 11) is -3.89. The smallest absolute Gasteiger partial charge is 0.358 e. The molecule has 0 saturated heterocycles. The molecule has 2 rings (SSSR count). The third kappa shape index (κ3) is 2.40. The van der Waals surface area contributed by atoms with Crippen LogP contribution in [0.5, 0.6) is 0 Å². The number of H-pyrrole nitrogens is 1. The number of anilines is 1. The zero-order chi connectivity index (χ0) is 13.2. The van der Waals surface area contributed by atoms with Gasteiger partial charge in [0.25, 0.3) is 10.0 Å². The minimum absolute atomic E-state index is 0.0617. The van der Waals surface area contributed by atoms with Crippen LogP contribution < -0.4 is 4.72 Å². The van der Waals surface area contributed by atoms with Gasteiger partial charge >= 0.3 is 5.82 Å². The van der Waals surface area contributed by atoms with Crippen LogP contribution in [0.15, 0.2) is 29.6 Å². The van der Waals surface area contributed by atoms with Crippen LogP contribution in [0.3, 0.4) is 0 Å². The summed E-state index contributed by atoms with van der Waals surface area (Å²) in [6.45, 7) is 0. The Bertz CT molecular complexity index is 650. The molecule has 0 saturated carbocycles. The Morgan fingerprint density at radius 3 is 2.61 bits per heavy atom. The molecule has 11 heteroatoms. The van der Waals surface area contributed by atoms with Crippen molar-refractivity contribution in [1.29, 1.82) is 0 Å². The van der Waals surface area contributed by atoms with Crippen molar-refractivity contribution in [2.24, 2.45) is 0 Å². The first kappa shape index (κ1) is 11.9. The third-order valence-corrected chi connectivity index (χ3v) is 3.19. The number of aromatic nitrogens is 4. The van der Waals surface area contributed by atoms with Gasteiger partial charge in [-0.3, -0.25) is 0 Å². The van der Waals surface area contributed by atoms with Gasteiger partial charge in [0.1, 0.15) is 11.2 Å². The van der Waals surface area contributed by atoms with Crippen molar-refractivity contribution in [3.63, 3.8) is 0 Å². The fraction of sp³-hybridized carbons (Fsp3) is 0. The average molecular weight is 270 g/mol. The summed E-state index contributed by atoms with van der Waals surface area (Å²) in [4.78, 5) is 16.4. The summed E-state index contributed by atoms with van der Waals surface area (Å²) in [5.74, 6) is -0.498. The van der Waals surface area contributed by atoms with Gasteiger partial charge in [-0.05, 0) is 16.0 Å². The summed E-state index contributed by atoms with van der Waals surface area (Å²) in [5, 5.41) is 16.2. The number of nitrogens with zero attached hydrogens (tertiary/aromatic N) is 4. The number of aromatic amines is 1. The number of sulfonamides is 1. The normalized spacial score (nSPS) is 11.1. The molecule has 18 heavy (non-hydrogen) atoms. The molecule has 0 aliphatic carbocycles. The van der Waals surface area contributed by atoms with Gasteiger partial charge in [0.2, 0.25) is 5.95 Å². The first-order valence-corrected chi connectivity index (χ1v) is 5.96. The second kappa shape index (κ2) is 4.37. The van der Waals surface area contributed by atoms with E-state index in [1.165, 1.54) is 0 Å². The van der Waals surface area contributed by atoms with Crippen LogP contribution in [-0.2, 0) is 10.0 Å². The van der Waals surface area contributed by atoms with Gasteiger partial charge in [-0.1, -0.05) is 0 Å². The van der Waals surface area contributed by atoms with Gasteiger partial charge in [-0.15, -0.1) is 0 Å². The number of pyridine rings is 1. The van der Waals surface area contributed by atoms with Crippen molar-refractivity contribution in [2.75, 3.05) is 4.72 Å². The maximum Gasteiger partial charge on any atom is 0.363 e. The van der Waals surface area contributed by atoms with E-state index in [4.69, 9.17) is 0 Å². The summed E-state index contributed by atoms with van der Waals surface area (Å²) in [5.41, 5.74) is 0. The van der Waals surface area contributed by atoms with Crippen molar-refractivity contribution in [1.82, 2.24) is 20.2 Å². The maximum atomic E-state index is 11.8. The second-order valence-electron chi connectivity index (χ2n) is 3.05. The van der Waals surface area contributed by atoms with Crippen molar-refractivity contribution < 1.29 is 13.3 Å². The molecule has 2 aromatic heterocycles. The fourth-order valence-electron chi connectivity index (χ4n) is 1.08. The number of nitrogens with one attached hydrogen (secondary N) is 2. The number of hydrogen-bond acceptors (Lipinski definition) is 7. The molecule has 10 nitrogen and oxygen atoms in total. The van der Waals surface area contributed by atoms with Crippen LogP contribution in [0.4, 0.5) is 11.8 Å². The Morgan fingerprint density at radius 2 is 2.11 bits per heavy atom. The predicted octanol–water partition coefficient (Wildman–Crippen LogP) is -0.0913. The minimum Gasteiger partial charge on any atom is -0.358 e. The zero-order valence-corrected chi connectivity index (χ0v) is 9.46. The maximum absolute atomic E-state index is 11.8. The van der Waals surface area contributed by atoms with Gasteiger partial charge < -0.3 is 10.1 Å². The average Bonchev–Trinajstić information content (AvgIpc) is 2.81. The lowest BCUT2D eigenvalue weighted by Crippen LogP contribution is -2.14. The molecule has 0 fully saturated rings. The summed E-state index contributed by atoms with van der Waals surface area (Å²) >= 11 is 0. The van der Waals surface area contributed by atoms with Crippen molar-refractivity contribution in [3.8, 4) is 0 Å². The topological polar surface area (TPSA) is 144 Å². The number of rotatable bonds is 4. The molecule has 0 spiro atoms. The minimum atomic E-state index is -3.89. The molecule has 94 valence electrons. The van der Waals surface area contributed by atoms with Crippen molar-refractivity contribution >= 4 is 21.8 Å². The van der Waals surface area contributed by atoms with E-state index in [1.54, 1.807) is 0 Å². The highest BCUT2D eigenvalue weighted by molar-refractivity contribution is 7.92. The molecule has 2 heterocycles. The quantitative estimate of drug-likeness (QED) is 0.583. The van der Waals surface area contributed by atoms with E-state index in [2.05, 4.69) is 24.9 Å². The molecule has 0 aromatic carbocycles. The Hall–Kier alpha value is -2.56. The monoisotopic (exact) mass is 270 g/mol. The molecule has 0 atom stereocenters. The van der Waals surface area contributed by atoms with Gasteiger partial charge in [-0.25, -0.2) is 18.2 Å². The van der Waals surface area contributed by atoms with Gasteiger partial charge in [-0.2, -0.15) is 10.1 Å². The molecule has 2 aromatic rings. The van der Waals surface area contributed by atoms with Crippen LogP contribution in [0, 0.1) is 10.1 Å². The van der Waals surface area contributed by atoms with Crippen LogP contribution in [0.1, 0.15) is 0 Å². The molecule has 0 aliphatic heterocycles. The Balaban J connectivity index is 2.27. The standard InChI is InChI=1S/C7H6N6O4S/c14-13(15)6-2-1-5(3-8-6)18(16,17)12-7-9-4-10-11-7/h1-4H,(H2,9,10,11,12). The van der Waals surface area contributed by atoms with Crippen LogP contribution in [0.2, 0.25) is 0 Å². The summed E-state index contributed by atoms with van der Waals surface area (Å²) in [6, 6.07) is 2.07.